The smallest absolute Gasteiger partial charge is 0.244 e. The van der Waals surface area contributed by atoms with Crippen LogP contribution >= 0.6 is 0 Å². The summed E-state index contributed by atoms with van der Waals surface area (Å²) in [6.45, 7) is 0.243. The van der Waals surface area contributed by atoms with Crippen molar-refractivity contribution in [2.75, 3.05) is 0 Å². The number of rotatable bonds is 4. The number of tetrazole rings is 1. The summed E-state index contributed by atoms with van der Waals surface area (Å²) >= 11 is 0. The third-order valence-electron chi connectivity index (χ3n) is 1.96. The van der Waals surface area contributed by atoms with Crippen molar-refractivity contribution < 1.29 is 4.79 Å². The van der Waals surface area contributed by atoms with Crippen molar-refractivity contribution in [1.82, 2.24) is 35.7 Å². The van der Waals surface area contributed by atoms with Gasteiger partial charge in [-0.05, 0) is 6.08 Å². The minimum Gasteiger partial charge on any atom is -0.345 e. The first-order valence-electron chi connectivity index (χ1n) is 4.91. The second-order valence-corrected chi connectivity index (χ2v) is 3.33. The molecule has 2 aromatic rings. The van der Waals surface area contributed by atoms with Crippen molar-refractivity contribution in [2.24, 2.45) is 7.05 Å². The van der Waals surface area contributed by atoms with Gasteiger partial charge >= 0.3 is 0 Å². The maximum atomic E-state index is 11.4. The van der Waals surface area contributed by atoms with Crippen LogP contribution in [0.3, 0.4) is 0 Å². The van der Waals surface area contributed by atoms with Crippen LogP contribution in [-0.2, 0) is 18.4 Å². The van der Waals surface area contributed by atoms with Crippen LogP contribution in [0.4, 0.5) is 0 Å². The third kappa shape index (κ3) is 3.23. The minimum absolute atomic E-state index is 0.223. The predicted octanol–water partition coefficient (Wildman–Crippen LogP) is -0.737. The SMILES string of the molecule is Cn1cc(C=CC(=O)NCc2nn[nH]n2)cn1. The highest BCUT2D eigenvalue weighted by atomic mass is 16.1. The molecule has 0 aliphatic rings. The predicted molar refractivity (Wildman–Crippen MR) is 58.3 cm³/mol. The number of hydrogen-bond donors (Lipinski definition) is 2. The molecule has 2 aromatic heterocycles. The first-order valence-corrected chi connectivity index (χ1v) is 4.91. The molecule has 0 radical (unpaired) electrons. The van der Waals surface area contributed by atoms with E-state index in [-0.39, 0.29) is 12.5 Å². The summed E-state index contributed by atoms with van der Waals surface area (Å²) in [5.74, 6) is 0.215. The molecule has 2 N–H and O–H groups in total. The number of carbonyl (C=O) groups excluding carboxylic acids is 1. The topological polar surface area (TPSA) is 101 Å². The molecule has 0 aliphatic carbocycles. The van der Waals surface area contributed by atoms with E-state index in [2.05, 4.69) is 31.0 Å². The lowest BCUT2D eigenvalue weighted by atomic mass is 10.3. The summed E-state index contributed by atoms with van der Waals surface area (Å²) in [4.78, 5) is 11.4. The highest BCUT2D eigenvalue weighted by Crippen LogP contribution is 1.98. The molecule has 1 amide bonds. The summed E-state index contributed by atoms with van der Waals surface area (Å²) in [7, 11) is 1.81. The fourth-order valence-corrected chi connectivity index (χ4v) is 1.18. The van der Waals surface area contributed by atoms with Crippen LogP contribution in [0.2, 0.25) is 0 Å². The van der Waals surface area contributed by atoms with E-state index < -0.39 is 0 Å². The zero-order valence-corrected chi connectivity index (χ0v) is 9.16. The summed E-state index contributed by atoms with van der Waals surface area (Å²) in [5, 5.41) is 19.7. The van der Waals surface area contributed by atoms with Crippen molar-refractivity contribution in [3.8, 4) is 0 Å². The Hall–Kier alpha value is -2.51. The highest BCUT2D eigenvalue weighted by Gasteiger charge is 2.00. The quantitative estimate of drug-likeness (QED) is 0.677. The molecule has 0 aromatic carbocycles. The number of aryl methyl sites for hydroxylation is 1. The van der Waals surface area contributed by atoms with Crippen LogP contribution in [0, 0.1) is 0 Å². The van der Waals surface area contributed by atoms with E-state index in [1.165, 1.54) is 6.08 Å². The Kier molecular flexibility index (Phi) is 3.24. The molecule has 88 valence electrons. The number of hydrogen-bond acceptors (Lipinski definition) is 5. The number of aromatic amines is 1. The first-order chi connectivity index (χ1) is 8.24. The molecule has 8 heteroatoms. The Bertz CT molecular complexity index is 513. The van der Waals surface area contributed by atoms with Crippen LogP contribution in [0.15, 0.2) is 18.5 Å². The van der Waals surface area contributed by atoms with Crippen molar-refractivity contribution in [2.45, 2.75) is 6.54 Å². The normalized spacial score (nSPS) is 10.9. The van der Waals surface area contributed by atoms with Gasteiger partial charge in [-0.25, -0.2) is 0 Å². The maximum absolute atomic E-state index is 11.4. The average molecular weight is 233 g/mol. The molecule has 0 atom stereocenters. The standard InChI is InChI=1S/C9H11N7O/c1-16-6-7(4-11-16)2-3-9(17)10-5-8-12-14-15-13-8/h2-4,6H,5H2,1H3,(H,10,17)(H,12,13,14,15). The number of amides is 1. The Morgan fingerprint density at radius 3 is 3.18 bits per heavy atom. The van der Waals surface area contributed by atoms with E-state index in [1.54, 1.807) is 17.0 Å². The van der Waals surface area contributed by atoms with Gasteiger partial charge in [0.25, 0.3) is 0 Å². The van der Waals surface area contributed by atoms with Crippen LogP contribution < -0.4 is 5.32 Å². The van der Waals surface area contributed by atoms with Crippen molar-refractivity contribution in [1.29, 1.82) is 0 Å². The monoisotopic (exact) mass is 233 g/mol. The van der Waals surface area contributed by atoms with E-state index in [4.69, 9.17) is 0 Å². The number of H-pyrrole nitrogens is 1. The van der Waals surface area contributed by atoms with Gasteiger partial charge in [-0.2, -0.15) is 10.3 Å². The van der Waals surface area contributed by atoms with Gasteiger partial charge < -0.3 is 5.32 Å². The summed E-state index contributed by atoms with van der Waals surface area (Å²) < 4.78 is 1.66. The van der Waals surface area contributed by atoms with Gasteiger partial charge in [0.1, 0.15) is 0 Å². The van der Waals surface area contributed by atoms with Gasteiger partial charge in [0.2, 0.25) is 5.91 Å². The number of carbonyl (C=O) groups is 1. The summed E-state index contributed by atoms with van der Waals surface area (Å²) in [5.41, 5.74) is 0.863. The van der Waals surface area contributed by atoms with Gasteiger partial charge in [0.05, 0.1) is 12.7 Å². The zero-order chi connectivity index (χ0) is 12.1. The molecule has 0 aliphatic heterocycles. The molecule has 8 nitrogen and oxygen atoms in total. The largest absolute Gasteiger partial charge is 0.345 e. The highest BCUT2D eigenvalue weighted by molar-refractivity contribution is 5.91. The van der Waals surface area contributed by atoms with E-state index >= 15 is 0 Å². The van der Waals surface area contributed by atoms with E-state index in [9.17, 15) is 4.79 Å². The number of nitrogens with zero attached hydrogens (tertiary/aromatic N) is 5. The van der Waals surface area contributed by atoms with Gasteiger partial charge in [-0.3, -0.25) is 9.48 Å². The fourth-order valence-electron chi connectivity index (χ4n) is 1.18. The Morgan fingerprint density at radius 1 is 1.65 bits per heavy atom. The second-order valence-electron chi connectivity index (χ2n) is 3.33. The summed E-state index contributed by atoms with van der Waals surface area (Å²) in [6.07, 6.45) is 6.58. The molecule has 0 saturated carbocycles. The second kappa shape index (κ2) is 5.01. The lowest BCUT2D eigenvalue weighted by Gasteiger charge is -1.95. The minimum atomic E-state index is -0.223. The summed E-state index contributed by atoms with van der Waals surface area (Å²) in [6, 6.07) is 0. The van der Waals surface area contributed by atoms with Gasteiger partial charge in [-0.15, -0.1) is 10.2 Å². The fraction of sp³-hybridized carbons (Fsp3) is 0.222. The molecule has 2 rings (SSSR count). The molecule has 0 fully saturated rings. The molecular weight excluding hydrogens is 222 g/mol. The first kappa shape index (κ1) is 11.0. The number of nitrogens with one attached hydrogen (secondary N) is 2. The molecule has 0 saturated heterocycles. The van der Waals surface area contributed by atoms with Crippen molar-refractivity contribution in [3.05, 3.63) is 29.9 Å². The lowest BCUT2D eigenvalue weighted by molar-refractivity contribution is -0.116. The van der Waals surface area contributed by atoms with E-state index in [0.29, 0.717) is 5.82 Å². The Labute approximate surface area is 96.7 Å². The van der Waals surface area contributed by atoms with Crippen LogP contribution in [0.1, 0.15) is 11.4 Å². The number of aromatic nitrogens is 6. The Balaban J connectivity index is 1.83. The van der Waals surface area contributed by atoms with Gasteiger partial charge in [0, 0.05) is 24.9 Å². The molecular formula is C9H11N7O. The molecule has 0 spiro atoms. The Morgan fingerprint density at radius 2 is 2.53 bits per heavy atom. The average Bonchev–Trinajstić information content (AvgIpc) is 2.95. The zero-order valence-electron chi connectivity index (χ0n) is 9.16. The van der Waals surface area contributed by atoms with Gasteiger partial charge in [0.15, 0.2) is 5.82 Å². The van der Waals surface area contributed by atoms with Crippen LogP contribution in [-0.4, -0.2) is 36.3 Å². The molecule has 17 heavy (non-hydrogen) atoms. The molecule has 0 bridgehead atoms. The maximum Gasteiger partial charge on any atom is 0.244 e. The van der Waals surface area contributed by atoms with Crippen LogP contribution in [0.5, 0.6) is 0 Å². The van der Waals surface area contributed by atoms with E-state index in [0.717, 1.165) is 5.56 Å². The van der Waals surface area contributed by atoms with Crippen LogP contribution in [0.25, 0.3) is 6.08 Å². The van der Waals surface area contributed by atoms with E-state index in [1.807, 2.05) is 13.2 Å². The van der Waals surface area contributed by atoms with Crippen molar-refractivity contribution in [3.63, 3.8) is 0 Å². The lowest BCUT2D eigenvalue weighted by Crippen LogP contribution is -2.20. The third-order valence-corrected chi connectivity index (χ3v) is 1.96. The van der Waals surface area contributed by atoms with Gasteiger partial charge in [-0.1, -0.05) is 5.21 Å². The van der Waals surface area contributed by atoms with Crippen molar-refractivity contribution >= 4 is 12.0 Å². The molecule has 0 unspecified atom stereocenters. The molecule has 2 heterocycles.